The minimum atomic E-state index is -0.445. The predicted octanol–water partition coefficient (Wildman–Crippen LogP) is 6.61. The van der Waals surface area contributed by atoms with E-state index in [9.17, 15) is 4.79 Å². The molecule has 32 heavy (non-hydrogen) atoms. The second-order valence-corrected chi connectivity index (χ2v) is 9.67. The van der Waals surface area contributed by atoms with Gasteiger partial charge in [0.1, 0.15) is 5.75 Å². The molecule has 1 aliphatic rings. The number of hydrogen-bond acceptors (Lipinski definition) is 4. The van der Waals surface area contributed by atoms with Crippen molar-refractivity contribution in [2.45, 2.75) is 53.0 Å². The van der Waals surface area contributed by atoms with Gasteiger partial charge in [0.25, 0.3) is 0 Å². The Balaban J connectivity index is 1.64. The van der Waals surface area contributed by atoms with Gasteiger partial charge in [0.05, 0.1) is 30.1 Å². The van der Waals surface area contributed by atoms with Crippen molar-refractivity contribution in [1.82, 2.24) is 4.57 Å². The third-order valence-electron chi connectivity index (χ3n) is 5.81. The van der Waals surface area contributed by atoms with Crippen LogP contribution in [-0.2, 0) is 4.74 Å². The molecule has 0 aliphatic heterocycles. The highest BCUT2D eigenvalue weighted by atomic mass is 16.5. The average Bonchev–Trinajstić information content (AvgIpc) is 2.98. The number of rotatable bonds is 6. The first-order chi connectivity index (χ1) is 15.3. The molecule has 0 spiro atoms. The molecule has 0 bridgehead atoms. The maximum Gasteiger partial charge on any atom is 0.411 e. The number of nitrogens with one attached hydrogen (secondary N) is 1. The summed E-state index contributed by atoms with van der Waals surface area (Å²) in [4.78, 5) is 12.1. The lowest BCUT2D eigenvalue weighted by atomic mass is 9.92. The summed E-state index contributed by atoms with van der Waals surface area (Å²) < 4.78 is 13.4. The fourth-order valence-electron chi connectivity index (χ4n) is 4.04. The number of carbonyl (C=O) groups is 1. The van der Waals surface area contributed by atoms with Crippen molar-refractivity contribution in [3.05, 3.63) is 42.5 Å². The first-order valence-electron chi connectivity index (χ1n) is 11.4. The molecule has 0 unspecified atom stereocenters. The van der Waals surface area contributed by atoms with E-state index in [1.54, 1.807) is 0 Å². The monoisotopic (exact) mass is 435 g/mol. The molecule has 0 atom stereocenters. The Bertz CT molecular complexity index is 1110. The lowest BCUT2D eigenvalue weighted by Gasteiger charge is -2.30. The van der Waals surface area contributed by atoms with Gasteiger partial charge in [0.15, 0.2) is 0 Å². The summed E-state index contributed by atoms with van der Waals surface area (Å²) in [6, 6.07) is 14.4. The minimum absolute atomic E-state index is 0.0737. The molecule has 1 heterocycles. The maximum absolute atomic E-state index is 12.1. The van der Waals surface area contributed by atoms with Crippen LogP contribution in [0.2, 0.25) is 0 Å². The topological polar surface area (TPSA) is 78.5 Å². The fraction of sp³-hybridized carbons (Fsp3) is 0.423. The van der Waals surface area contributed by atoms with Crippen LogP contribution in [0.1, 0.15) is 53.0 Å². The number of nitrogen functional groups attached to an aromatic ring is 1. The highest BCUT2D eigenvalue weighted by Gasteiger charge is 2.27. The van der Waals surface area contributed by atoms with E-state index < -0.39 is 6.09 Å². The van der Waals surface area contributed by atoms with Gasteiger partial charge in [-0.25, -0.2) is 4.79 Å². The fourth-order valence-corrected chi connectivity index (χ4v) is 4.04. The normalized spacial score (nSPS) is 14.2. The predicted molar refractivity (Wildman–Crippen MR) is 130 cm³/mol. The minimum Gasteiger partial charge on any atom is -0.494 e. The van der Waals surface area contributed by atoms with Crippen molar-refractivity contribution in [1.29, 1.82) is 0 Å². The van der Waals surface area contributed by atoms with Gasteiger partial charge in [0, 0.05) is 22.7 Å². The Morgan fingerprint density at radius 1 is 1.16 bits per heavy atom. The Kier molecular flexibility index (Phi) is 6.04. The van der Waals surface area contributed by atoms with Crippen LogP contribution in [0.5, 0.6) is 5.75 Å². The number of aromatic nitrogens is 1. The lowest BCUT2D eigenvalue weighted by molar-refractivity contribution is 0.118. The zero-order chi connectivity index (χ0) is 22.9. The van der Waals surface area contributed by atoms with Crippen molar-refractivity contribution in [2.24, 2.45) is 5.41 Å². The number of fused-ring (bicyclic) bond motifs is 1. The quantitative estimate of drug-likeness (QED) is 0.457. The first-order valence-corrected chi connectivity index (χ1v) is 11.4. The second kappa shape index (κ2) is 8.77. The van der Waals surface area contributed by atoms with Crippen LogP contribution < -0.4 is 15.8 Å². The van der Waals surface area contributed by atoms with Crippen molar-refractivity contribution in [3.63, 3.8) is 0 Å². The number of carbonyl (C=O) groups excluding carboxylic acids is 1. The average molecular weight is 436 g/mol. The van der Waals surface area contributed by atoms with E-state index in [1.807, 2.05) is 64.1 Å². The molecule has 1 fully saturated rings. The maximum atomic E-state index is 12.1. The molecule has 1 amide bonds. The van der Waals surface area contributed by atoms with Crippen LogP contribution in [0.15, 0.2) is 42.5 Å². The molecule has 4 rings (SSSR count). The second-order valence-electron chi connectivity index (χ2n) is 9.67. The summed E-state index contributed by atoms with van der Waals surface area (Å²) >= 11 is 0. The zero-order valence-electron chi connectivity index (χ0n) is 19.4. The SMILES string of the molecule is CCOc1ccc2c(c1)c(N)c(-c1ccc(NC(=O)OCC(C)(C)C)cc1)n2C1CCC1. The van der Waals surface area contributed by atoms with E-state index in [2.05, 4.69) is 16.0 Å². The molecule has 1 saturated carbocycles. The standard InChI is InChI=1S/C26H33N3O3/c1-5-31-20-13-14-22-21(15-20)23(27)24(29(22)19-7-6-8-19)17-9-11-18(12-10-17)28-25(30)32-16-26(2,3)4/h9-15,19H,5-8,16,27H2,1-4H3,(H,28,30). The van der Waals surface area contributed by atoms with Crippen LogP contribution in [0.25, 0.3) is 22.2 Å². The lowest BCUT2D eigenvalue weighted by Crippen LogP contribution is -2.21. The van der Waals surface area contributed by atoms with E-state index in [-0.39, 0.29) is 5.41 Å². The van der Waals surface area contributed by atoms with Crippen molar-refractivity contribution >= 4 is 28.4 Å². The highest BCUT2D eigenvalue weighted by Crippen LogP contribution is 2.44. The van der Waals surface area contributed by atoms with Crippen LogP contribution in [0.3, 0.4) is 0 Å². The summed E-state index contributed by atoms with van der Waals surface area (Å²) in [6.45, 7) is 9.04. The van der Waals surface area contributed by atoms with Gasteiger partial charge in [-0.1, -0.05) is 32.9 Å². The number of amides is 1. The van der Waals surface area contributed by atoms with Crippen LogP contribution >= 0.6 is 0 Å². The molecule has 0 radical (unpaired) electrons. The highest BCUT2D eigenvalue weighted by molar-refractivity contribution is 6.02. The zero-order valence-corrected chi connectivity index (χ0v) is 19.4. The van der Waals surface area contributed by atoms with Gasteiger partial charge in [-0.05, 0) is 61.9 Å². The third kappa shape index (κ3) is 4.54. The van der Waals surface area contributed by atoms with Gasteiger partial charge in [-0.2, -0.15) is 0 Å². The Morgan fingerprint density at radius 2 is 1.88 bits per heavy atom. The Morgan fingerprint density at radius 3 is 2.47 bits per heavy atom. The Hall–Kier alpha value is -3.15. The summed E-state index contributed by atoms with van der Waals surface area (Å²) in [6.07, 6.45) is 3.10. The molecular weight excluding hydrogens is 402 g/mol. The van der Waals surface area contributed by atoms with Crippen molar-refractivity contribution < 1.29 is 14.3 Å². The summed E-state index contributed by atoms with van der Waals surface area (Å²) in [5.41, 5.74) is 11.3. The smallest absolute Gasteiger partial charge is 0.411 e. The molecule has 1 aromatic heterocycles. The number of anilines is 2. The van der Waals surface area contributed by atoms with Crippen molar-refractivity contribution in [3.8, 4) is 17.0 Å². The van der Waals surface area contributed by atoms with E-state index in [1.165, 1.54) is 6.42 Å². The molecule has 3 N–H and O–H groups in total. The van der Waals surface area contributed by atoms with Gasteiger partial charge >= 0.3 is 6.09 Å². The molecule has 6 heteroatoms. The molecular formula is C26H33N3O3. The number of nitrogens with two attached hydrogens (primary N) is 1. The first kappa shape index (κ1) is 22.1. The van der Waals surface area contributed by atoms with E-state index in [0.717, 1.165) is 46.4 Å². The third-order valence-corrected chi connectivity index (χ3v) is 5.81. The van der Waals surface area contributed by atoms with Gasteiger partial charge in [-0.3, -0.25) is 5.32 Å². The Labute approximate surface area is 189 Å². The van der Waals surface area contributed by atoms with Gasteiger partial charge in [0.2, 0.25) is 0 Å². The summed E-state index contributed by atoms with van der Waals surface area (Å²) in [7, 11) is 0. The number of hydrogen-bond donors (Lipinski definition) is 2. The molecule has 3 aromatic rings. The summed E-state index contributed by atoms with van der Waals surface area (Å²) in [5, 5.41) is 3.82. The van der Waals surface area contributed by atoms with E-state index in [4.69, 9.17) is 15.2 Å². The van der Waals surface area contributed by atoms with Crippen LogP contribution in [-0.4, -0.2) is 23.9 Å². The van der Waals surface area contributed by atoms with Gasteiger partial charge in [-0.15, -0.1) is 0 Å². The number of nitrogens with zero attached hydrogens (tertiary/aromatic N) is 1. The van der Waals surface area contributed by atoms with Crippen molar-refractivity contribution in [2.75, 3.05) is 24.3 Å². The number of benzene rings is 2. The van der Waals surface area contributed by atoms with Crippen LogP contribution in [0, 0.1) is 5.41 Å². The molecule has 0 saturated heterocycles. The molecule has 2 aromatic carbocycles. The van der Waals surface area contributed by atoms with E-state index >= 15 is 0 Å². The summed E-state index contributed by atoms with van der Waals surface area (Å²) in [5.74, 6) is 0.831. The largest absolute Gasteiger partial charge is 0.494 e. The molecule has 1 aliphatic carbocycles. The van der Waals surface area contributed by atoms with Crippen LogP contribution in [0.4, 0.5) is 16.2 Å². The van der Waals surface area contributed by atoms with Gasteiger partial charge < -0.3 is 19.8 Å². The van der Waals surface area contributed by atoms with E-state index in [0.29, 0.717) is 24.9 Å². The molecule has 170 valence electrons. The number of ether oxygens (including phenoxy) is 2. The molecule has 6 nitrogen and oxygen atoms in total.